The molecule has 0 bridgehead atoms. The van der Waals surface area contributed by atoms with Crippen LogP contribution in [-0.2, 0) is 0 Å². The molecule has 5 heteroatoms. The second kappa shape index (κ2) is 4.55. The lowest BCUT2D eigenvalue weighted by atomic mass is 10.0. The second-order valence-electron chi connectivity index (χ2n) is 3.68. The molecule has 0 saturated heterocycles. The van der Waals surface area contributed by atoms with Crippen molar-refractivity contribution >= 4 is 0 Å². The molecule has 1 unspecified atom stereocenters. The molecule has 0 aliphatic heterocycles. The lowest BCUT2D eigenvalue weighted by molar-refractivity contribution is 0.506. The largest absolute Gasteiger partial charge is 0.319 e. The monoisotopic (exact) mass is 235 g/mol. The Bertz CT molecular complexity index is 543. The smallest absolute Gasteiger partial charge is 0.159 e. The minimum Gasteiger partial charge on any atom is -0.319 e. The highest BCUT2D eigenvalue weighted by Gasteiger charge is 2.13. The molecule has 1 heterocycles. The molecule has 1 aromatic carbocycles. The Morgan fingerprint density at radius 3 is 2.59 bits per heavy atom. The highest BCUT2D eigenvalue weighted by molar-refractivity contribution is 5.27. The zero-order valence-electron chi connectivity index (χ0n) is 9.19. The van der Waals surface area contributed by atoms with Gasteiger partial charge < -0.3 is 5.73 Å². The number of benzene rings is 1. The minimum absolute atomic E-state index is 0.474. The SMILES string of the molecule is Cc1nccc(C(N)c2ccc(F)c(F)c2)n1. The van der Waals surface area contributed by atoms with Gasteiger partial charge in [-0.15, -0.1) is 0 Å². The maximum Gasteiger partial charge on any atom is 0.159 e. The minimum atomic E-state index is -0.913. The summed E-state index contributed by atoms with van der Waals surface area (Å²) < 4.78 is 25.9. The van der Waals surface area contributed by atoms with E-state index in [4.69, 9.17) is 5.73 Å². The number of halogens is 2. The van der Waals surface area contributed by atoms with Crippen LogP contribution in [0.1, 0.15) is 23.1 Å². The summed E-state index contributed by atoms with van der Waals surface area (Å²) in [7, 11) is 0. The van der Waals surface area contributed by atoms with E-state index in [1.807, 2.05) is 0 Å². The van der Waals surface area contributed by atoms with E-state index in [2.05, 4.69) is 9.97 Å². The van der Waals surface area contributed by atoms with Crippen LogP contribution in [0.2, 0.25) is 0 Å². The highest BCUT2D eigenvalue weighted by Crippen LogP contribution is 2.19. The molecule has 2 N–H and O–H groups in total. The lowest BCUT2D eigenvalue weighted by Gasteiger charge is -2.11. The molecule has 0 radical (unpaired) electrons. The van der Waals surface area contributed by atoms with Gasteiger partial charge in [0.15, 0.2) is 11.6 Å². The summed E-state index contributed by atoms with van der Waals surface area (Å²) >= 11 is 0. The van der Waals surface area contributed by atoms with Crippen LogP contribution in [0.25, 0.3) is 0 Å². The molecule has 2 rings (SSSR count). The molecule has 17 heavy (non-hydrogen) atoms. The average molecular weight is 235 g/mol. The summed E-state index contributed by atoms with van der Waals surface area (Å²) in [5.41, 5.74) is 6.97. The van der Waals surface area contributed by atoms with Gasteiger partial charge in [0.25, 0.3) is 0 Å². The molecular weight excluding hydrogens is 224 g/mol. The summed E-state index contributed by atoms with van der Waals surface area (Å²) in [5.74, 6) is -1.22. The van der Waals surface area contributed by atoms with Gasteiger partial charge in [0.1, 0.15) is 5.82 Å². The fourth-order valence-corrected chi connectivity index (χ4v) is 1.52. The predicted octanol–water partition coefficient (Wildman–Crippen LogP) is 2.11. The molecule has 0 aliphatic rings. The van der Waals surface area contributed by atoms with Crippen molar-refractivity contribution in [2.45, 2.75) is 13.0 Å². The van der Waals surface area contributed by atoms with Crippen LogP contribution in [0.15, 0.2) is 30.5 Å². The van der Waals surface area contributed by atoms with Gasteiger partial charge in [-0.25, -0.2) is 18.7 Å². The Balaban J connectivity index is 2.36. The zero-order valence-corrected chi connectivity index (χ0v) is 9.19. The van der Waals surface area contributed by atoms with Gasteiger partial charge in [-0.1, -0.05) is 6.07 Å². The molecule has 0 amide bonds. The van der Waals surface area contributed by atoms with Crippen LogP contribution in [0.5, 0.6) is 0 Å². The maximum atomic E-state index is 13.1. The summed E-state index contributed by atoms with van der Waals surface area (Å²) in [6.07, 6.45) is 1.58. The number of nitrogens with zero attached hydrogens (tertiary/aromatic N) is 2. The quantitative estimate of drug-likeness (QED) is 0.867. The third-order valence-corrected chi connectivity index (χ3v) is 2.42. The number of aryl methyl sites for hydroxylation is 1. The van der Waals surface area contributed by atoms with E-state index >= 15 is 0 Å². The van der Waals surface area contributed by atoms with Gasteiger partial charge in [0.2, 0.25) is 0 Å². The van der Waals surface area contributed by atoms with Crippen molar-refractivity contribution in [2.24, 2.45) is 5.73 Å². The van der Waals surface area contributed by atoms with Crippen molar-refractivity contribution in [3.05, 3.63) is 59.2 Å². The van der Waals surface area contributed by atoms with Gasteiger partial charge in [0, 0.05) is 6.20 Å². The highest BCUT2D eigenvalue weighted by atomic mass is 19.2. The average Bonchev–Trinajstić information content (AvgIpc) is 2.32. The Kier molecular flexibility index (Phi) is 3.10. The zero-order chi connectivity index (χ0) is 12.4. The molecule has 3 nitrogen and oxygen atoms in total. The summed E-state index contributed by atoms with van der Waals surface area (Å²) in [6, 6.07) is 4.64. The van der Waals surface area contributed by atoms with Crippen molar-refractivity contribution in [1.82, 2.24) is 9.97 Å². The Morgan fingerprint density at radius 1 is 1.18 bits per heavy atom. The summed E-state index contributed by atoms with van der Waals surface area (Å²) in [6.45, 7) is 1.74. The van der Waals surface area contributed by atoms with E-state index in [0.717, 1.165) is 12.1 Å². The van der Waals surface area contributed by atoms with E-state index in [0.29, 0.717) is 17.1 Å². The van der Waals surface area contributed by atoms with Gasteiger partial charge in [-0.3, -0.25) is 0 Å². The molecule has 88 valence electrons. The fourth-order valence-electron chi connectivity index (χ4n) is 1.52. The number of hydrogen-bond donors (Lipinski definition) is 1. The first-order valence-corrected chi connectivity index (χ1v) is 5.08. The lowest BCUT2D eigenvalue weighted by Crippen LogP contribution is -2.14. The molecule has 0 aliphatic carbocycles. The first-order valence-electron chi connectivity index (χ1n) is 5.08. The Morgan fingerprint density at radius 2 is 1.94 bits per heavy atom. The van der Waals surface area contributed by atoms with E-state index in [1.165, 1.54) is 6.07 Å². The van der Waals surface area contributed by atoms with Crippen molar-refractivity contribution in [1.29, 1.82) is 0 Å². The van der Waals surface area contributed by atoms with Crippen LogP contribution in [0, 0.1) is 18.6 Å². The van der Waals surface area contributed by atoms with Crippen molar-refractivity contribution in [2.75, 3.05) is 0 Å². The normalized spacial score (nSPS) is 12.5. The predicted molar refractivity (Wildman–Crippen MR) is 59.2 cm³/mol. The Labute approximate surface area is 97.3 Å². The van der Waals surface area contributed by atoms with Gasteiger partial charge in [-0.05, 0) is 30.7 Å². The maximum absolute atomic E-state index is 13.1. The van der Waals surface area contributed by atoms with Gasteiger partial charge >= 0.3 is 0 Å². The summed E-state index contributed by atoms with van der Waals surface area (Å²) in [5, 5.41) is 0. The van der Waals surface area contributed by atoms with Crippen molar-refractivity contribution in [3.8, 4) is 0 Å². The number of rotatable bonds is 2. The number of hydrogen-bond acceptors (Lipinski definition) is 3. The standard InChI is InChI=1S/C12H11F2N3/c1-7-16-5-4-11(17-7)12(15)8-2-3-9(13)10(14)6-8/h2-6,12H,15H2,1H3. The van der Waals surface area contributed by atoms with E-state index in [1.54, 1.807) is 19.2 Å². The second-order valence-corrected chi connectivity index (χ2v) is 3.68. The van der Waals surface area contributed by atoms with Crippen LogP contribution < -0.4 is 5.73 Å². The molecule has 0 fully saturated rings. The molecule has 1 aromatic heterocycles. The third-order valence-electron chi connectivity index (χ3n) is 2.42. The topological polar surface area (TPSA) is 51.8 Å². The van der Waals surface area contributed by atoms with Crippen LogP contribution in [0.3, 0.4) is 0 Å². The van der Waals surface area contributed by atoms with Crippen LogP contribution in [-0.4, -0.2) is 9.97 Å². The first kappa shape index (κ1) is 11.6. The van der Waals surface area contributed by atoms with Gasteiger partial charge in [0.05, 0.1) is 11.7 Å². The van der Waals surface area contributed by atoms with Crippen LogP contribution in [0.4, 0.5) is 8.78 Å². The van der Waals surface area contributed by atoms with E-state index in [-0.39, 0.29) is 0 Å². The van der Waals surface area contributed by atoms with Crippen molar-refractivity contribution < 1.29 is 8.78 Å². The van der Waals surface area contributed by atoms with Gasteiger partial charge in [-0.2, -0.15) is 0 Å². The Hall–Kier alpha value is -1.88. The molecule has 0 saturated carbocycles. The molecule has 1 atom stereocenters. The fraction of sp³-hybridized carbons (Fsp3) is 0.167. The molecule has 0 spiro atoms. The third kappa shape index (κ3) is 2.45. The number of aromatic nitrogens is 2. The molecule has 2 aromatic rings. The molecular formula is C12H11F2N3. The van der Waals surface area contributed by atoms with E-state index < -0.39 is 17.7 Å². The summed E-state index contributed by atoms with van der Waals surface area (Å²) in [4.78, 5) is 8.10. The van der Waals surface area contributed by atoms with Crippen molar-refractivity contribution in [3.63, 3.8) is 0 Å². The van der Waals surface area contributed by atoms with E-state index in [9.17, 15) is 8.78 Å². The van der Waals surface area contributed by atoms with Crippen LogP contribution >= 0.6 is 0 Å². The number of nitrogens with two attached hydrogens (primary N) is 1. The first-order chi connectivity index (χ1) is 8.08.